The number of hydrogen-bond donors (Lipinski definition) is 0. The first-order valence-corrected chi connectivity index (χ1v) is 9.55. The van der Waals surface area contributed by atoms with Crippen LogP contribution in [-0.4, -0.2) is 57.0 Å². The number of imide groups is 1. The minimum Gasteiger partial charge on any atom is -0.467 e. The van der Waals surface area contributed by atoms with Gasteiger partial charge in [0.05, 0.1) is 13.7 Å². The Kier molecular flexibility index (Phi) is 6.74. The highest BCUT2D eigenvalue weighted by Gasteiger charge is 2.41. The molecule has 164 valence electrons. The highest BCUT2D eigenvalue weighted by Crippen LogP contribution is 2.20. The largest absolute Gasteiger partial charge is 0.467 e. The van der Waals surface area contributed by atoms with Gasteiger partial charge < -0.3 is 18.8 Å². The van der Waals surface area contributed by atoms with Crippen molar-refractivity contribution < 1.29 is 28.6 Å². The number of carbonyl (C=O) groups excluding carboxylic acids is 3. The van der Waals surface area contributed by atoms with Crippen molar-refractivity contribution in [3.8, 4) is 0 Å². The number of methoxy groups -OCH3 is 1. The molecule has 30 heavy (non-hydrogen) atoms. The number of ether oxygens (including phenoxy) is 3. The molecule has 2 heterocycles. The van der Waals surface area contributed by atoms with Crippen LogP contribution in [0, 0.1) is 0 Å². The van der Waals surface area contributed by atoms with E-state index < -0.39 is 35.4 Å². The topological polar surface area (TPSA) is 100.0 Å². The summed E-state index contributed by atoms with van der Waals surface area (Å²) in [5.41, 5.74) is -1.18. The van der Waals surface area contributed by atoms with Crippen molar-refractivity contribution in [3.63, 3.8) is 0 Å². The summed E-state index contributed by atoms with van der Waals surface area (Å²) in [5, 5.41) is 0.849. The van der Waals surface area contributed by atoms with Crippen LogP contribution < -0.4 is 0 Å². The van der Waals surface area contributed by atoms with Crippen molar-refractivity contribution in [3.05, 3.63) is 30.6 Å². The average Bonchev–Trinajstić information content (AvgIpc) is 3.00. The van der Waals surface area contributed by atoms with E-state index in [1.165, 1.54) is 7.11 Å². The number of amides is 2. The van der Waals surface area contributed by atoms with Crippen LogP contribution in [0.5, 0.6) is 0 Å². The fourth-order valence-electron chi connectivity index (χ4n) is 2.70. The van der Waals surface area contributed by atoms with Crippen LogP contribution in [0.4, 0.5) is 9.59 Å². The molecular formula is C21H29N3O6. The fraction of sp³-hybridized carbons (Fsp3) is 0.524. The second-order valence-corrected chi connectivity index (χ2v) is 8.75. The summed E-state index contributed by atoms with van der Waals surface area (Å²) >= 11 is 0. The van der Waals surface area contributed by atoms with Crippen molar-refractivity contribution in [2.75, 3.05) is 7.11 Å². The van der Waals surface area contributed by atoms with Gasteiger partial charge in [-0.2, -0.15) is 4.90 Å². The third-order valence-corrected chi connectivity index (χ3v) is 3.86. The normalized spacial score (nSPS) is 12.9. The molecule has 9 heteroatoms. The van der Waals surface area contributed by atoms with E-state index >= 15 is 0 Å². The maximum Gasteiger partial charge on any atom is 0.420 e. The molecule has 0 aliphatic rings. The lowest BCUT2D eigenvalue weighted by Crippen LogP contribution is -2.53. The van der Waals surface area contributed by atoms with Gasteiger partial charge in [-0.15, -0.1) is 0 Å². The van der Waals surface area contributed by atoms with Crippen molar-refractivity contribution in [2.24, 2.45) is 0 Å². The van der Waals surface area contributed by atoms with Gasteiger partial charge in [0.15, 0.2) is 6.04 Å². The number of aromatic nitrogens is 2. The third kappa shape index (κ3) is 5.95. The highest BCUT2D eigenvalue weighted by atomic mass is 16.6. The van der Waals surface area contributed by atoms with Gasteiger partial charge in [0.25, 0.3) is 0 Å². The van der Waals surface area contributed by atoms with Crippen LogP contribution in [0.15, 0.2) is 30.6 Å². The predicted molar refractivity (Wildman–Crippen MR) is 110 cm³/mol. The Labute approximate surface area is 175 Å². The summed E-state index contributed by atoms with van der Waals surface area (Å²) in [6, 6.07) is 4.16. The van der Waals surface area contributed by atoms with Gasteiger partial charge in [-0.05, 0) is 59.7 Å². The Morgan fingerprint density at radius 2 is 1.60 bits per heavy atom. The van der Waals surface area contributed by atoms with Crippen molar-refractivity contribution in [2.45, 2.75) is 65.3 Å². The summed E-state index contributed by atoms with van der Waals surface area (Å²) in [5.74, 6) is -0.788. The Morgan fingerprint density at radius 3 is 2.10 bits per heavy atom. The van der Waals surface area contributed by atoms with Crippen LogP contribution in [0.1, 0.15) is 41.5 Å². The molecule has 0 unspecified atom stereocenters. The summed E-state index contributed by atoms with van der Waals surface area (Å²) in [7, 11) is 1.18. The average molecular weight is 419 g/mol. The SMILES string of the molecule is COC(=O)[C@H](Cn1ccc2cccnc21)N(C(=O)OC(C)(C)C)C(=O)OC(C)(C)C. The Morgan fingerprint density at radius 1 is 1.03 bits per heavy atom. The van der Waals surface area contributed by atoms with Crippen LogP contribution in [0.3, 0.4) is 0 Å². The number of carbonyl (C=O) groups is 3. The molecule has 0 spiro atoms. The van der Waals surface area contributed by atoms with Crippen LogP contribution in [0.2, 0.25) is 0 Å². The first-order chi connectivity index (χ1) is 13.8. The van der Waals surface area contributed by atoms with Crippen LogP contribution in [0.25, 0.3) is 11.0 Å². The molecule has 0 saturated heterocycles. The molecular weight excluding hydrogens is 390 g/mol. The summed E-state index contributed by atoms with van der Waals surface area (Å²) in [4.78, 5) is 43.4. The number of fused-ring (bicyclic) bond motifs is 1. The molecule has 0 aliphatic carbocycles. The fourth-order valence-corrected chi connectivity index (χ4v) is 2.70. The molecule has 0 fully saturated rings. The molecule has 0 N–H and O–H groups in total. The van der Waals surface area contributed by atoms with E-state index in [4.69, 9.17) is 14.2 Å². The zero-order valence-electron chi connectivity index (χ0n) is 18.5. The van der Waals surface area contributed by atoms with Crippen LogP contribution in [-0.2, 0) is 25.5 Å². The van der Waals surface area contributed by atoms with Gasteiger partial charge >= 0.3 is 18.2 Å². The van der Waals surface area contributed by atoms with Gasteiger partial charge in [0, 0.05) is 17.8 Å². The van der Waals surface area contributed by atoms with E-state index in [1.54, 1.807) is 64.6 Å². The van der Waals surface area contributed by atoms with Gasteiger partial charge in [-0.1, -0.05) is 0 Å². The second-order valence-electron chi connectivity index (χ2n) is 8.75. The first-order valence-electron chi connectivity index (χ1n) is 9.55. The highest BCUT2D eigenvalue weighted by molar-refractivity contribution is 5.94. The molecule has 9 nitrogen and oxygen atoms in total. The number of esters is 1. The lowest BCUT2D eigenvalue weighted by atomic mass is 10.2. The molecule has 0 aromatic carbocycles. The lowest BCUT2D eigenvalue weighted by Gasteiger charge is -2.32. The van der Waals surface area contributed by atoms with E-state index in [0.717, 1.165) is 5.39 Å². The predicted octanol–water partition coefficient (Wildman–Crippen LogP) is 3.75. The van der Waals surface area contributed by atoms with E-state index in [0.29, 0.717) is 10.5 Å². The summed E-state index contributed by atoms with van der Waals surface area (Å²) in [6.07, 6.45) is 1.33. The third-order valence-electron chi connectivity index (χ3n) is 3.86. The van der Waals surface area contributed by atoms with Crippen molar-refractivity contribution >= 4 is 29.2 Å². The Balaban J connectivity index is 2.48. The zero-order valence-corrected chi connectivity index (χ0v) is 18.5. The second kappa shape index (κ2) is 8.73. The molecule has 0 saturated carbocycles. The zero-order chi connectivity index (χ0) is 22.7. The smallest absolute Gasteiger partial charge is 0.420 e. The van der Waals surface area contributed by atoms with Gasteiger partial charge in [-0.25, -0.2) is 19.4 Å². The van der Waals surface area contributed by atoms with E-state index in [9.17, 15) is 14.4 Å². The minimum absolute atomic E-state index is 0.0777. The monoisotopic (exact) mass is 419 g/mol. The van der Waals surface area contributed by atoms with Crippen LogP contribution >= 0.6 is 0 Å². The Hall–Kier alpha value is -3.10. The van der Waals surface area contributed by atoms with Gasteiger partial charge in [-0.3, -0.25) is 0 Å². The quantitative estimate of drug-likeness (QED) is 0.549. The molecule has 2 amide bonds. The maximum absolute atomic E-state index is 12.9. The molecule has 2 rings (SSSR count). The van der Waals surface area contributed by atoms with E-state index in [2.05, 4.69) is 4.98 Å². The number of pyridine rings is 1. The van der Waals surface area contributed by atoms with Crippen molar-refractivity contribution in [1.82, 2.24) is 14.5 Å². The van der Waals surface area contributed by atoms with Crippen molar-refractivity contribution in [1.29, 1.82) is 0 Å². The lowest BCUT2D eigenvalue weighted by molar-refractivity contribution is -0.147. The molecule has 2 aromatic rings. The summed E-state index contributed by atoms with van der Waals surface area (Å²) < 4.78 is 17.3. The molecule has 0 bridgehead atoms. The molecule has 2 aromatic heterocycles. The minimum atomic E-state index is -1.32. The number of nitrogens with zero attached hydrogens (tertiary/aromatic N) is 3. The van der Waals surface area contributed by atoms with E-state index in [1.807, 2.05) is 12.1 Å². The number of rotatable bonds is 4. The summed E-state index contributed by atoms with van der Waals surface area (Å²) in [6.45, 7) is 9.89. The first kappa shape index (κ1) is 23.2. The maximum atomic E-state index is 12.9. The molecule has 0 aliphatic heterocycles. The number of hydrogen-bond acceptors (Lipinski definition) is 7. The Bertz CT molecular complexity index is 895. The van der Waals surface area contributed by atoms with E-state index in [-0.39, 0.29) is 6.54 Å². The molecule has 0 radical (unpaired) electrons. The standard InChI is InChI=1S/C21H29N3O6/c1-20(2,3)29-18(26)24(19(27)30-21(4,5)6)15(17(25)28-7)13-23-12-10-14-9-8-11-22-16(14)23/h8-12,15H,13H2,1-7H3/t15-/m0/s1. The molecule has 1 atom stereocenters. The van der Waals surface area contributed by atoms with Gasteiger partial charge in [0.1, 0.15) is 16.8 Å². The van der Waals surface area contributed by atoms with Gasteiger partial charge in [0.2, 0.25) is 0 Å².